The fourth-order valence-electron chi connectivity index (χ4n) is 2.64. The van der Waals surface area contributed by atoms with E-state index < -0.39 is 25.4 Å². The molecule has 0 spiro atoms. The van der Waals surface area contributed by atoms with Gasteiger partial charge in [0.2, 0.25) is 0 Å². The third-order valence-electron chi connectivity index (χ3n) is 4.26. The van der Waals surface area contributed by atoms with Gasteiger partial charge in [-0.15, -0.1) is 0 Å². The van der Waals surface area contributed by atoms with Crippen LogP contribution in [0, 0.1) is 0 Å². The lowest BCUT2D eigenvalue weighted by Gasteiger charge is -2.26. The van der Waals surface area contributed by atoms with Crippen LogP contribution in [0.5, 0.6) is 0 Å². The van der Waals surface area contributed by atoms with Crippen LogP contribution in [-0.4, -0.2) is 29.2 Å². The third kappa shape index (κ3) is 3.72. The second-order valence-corrected chi connectivity index (χ2v) is 10.3. The normalized spacial score (nSPS) is 17.3. The van der Waals surface area contributed by atoms with Crippen molar-refractivity contribution in [2.24, 2.45) is 5.73 Å². The van der Waals surface area contributed by atoms with Gasteiger partial charge in [-0.25, -0.2) is 23.2 Å². The number of hydrogen-bond acceptors (Lipinski definition) is 6. The minimum absolute atomic E-state index is 0.215. The van der Waals surface area contributed by atoms with Crippen molar-refractivity contribution in [1.82, 2.24) is 15.3 Å². The van der Waals surface area contributed by atoms with E-state index >= 15 is 0 Å². The summed E-state index contributed by atoms with van der Waals surface area (Å²) in [5.74, 6) is 0.562. The van der Waals surface area contributed by atoms with E-state index in [-0.39, 0.29) is 5.82 Å². The van der Waals surface area contributed by atoms with Gasteiger partial charge in [0.1, 0.15) is 10.6 Å². The van der Waals surface area contributed by atoms with Crippen molar-refractivity contribution in [2.75, 3.05) is 5.73 Å². The Balaban J connectivity index is 2.41. The fourth-order valence-corrected chi connectivity index (χ4v) is 4.83. The highest BCUT2D eigenvalue weighted by Gasteiger charge is 2.60. The zero-order valence-electron chi connectivity index (χ0n) is 15.4. The maximum atomic E-state index is 13.0. The van der Waals surface area contributed by atoms with Crippen LogP contribution in [0.1, 0.15) is 52.1 Å². The number of aromatic nitrogens is 2. The van der Waals surface area contributed by atoms with Crippen LogP contribution >= 0.6 is 0 Å². The summed E-state index contributed by atoms with van der Waals surface area (Å²) in [5, 5.41) is 2.31. The summed E-state index contributed by atoms with van der Waals surface area (Å²) in [6.07, 6.45) is 5.67. The molecule has 9 heteroatoms. The van der Waals surface area contributed by atoms with Crippen LogP contribution in [0.4, 0.5) is 10.6 Å². The number of urea groups is 1. The average Bonchev–Trinajstić information content (AvgIpc) is 3.31. The number of primary amides is 1. The SMILES string of the molecule is C/C(=C\C=C\NC(N)=O)c1nc(N)cc(C2(S(=O)(=O)C(C)(C)C)CC2)n1. The number of nitrogens with two attached hydrogens (primary N) is 2. The largest absolute Gasteiger partial charge is 0.384 e. The Morgan fingerprint density at radius 3 is 2.42 bits per heavy atom. The van der Waals surface area contributed by atoms with E-state index in [9.17, 15) is 13.2 Å². The number of carbonyl (C=O) groups excluding carboxylic acids is 1. The van der Waals surface area contributed by atoms with E-state index in [2.05, 4.69) is 15.3 Å². The summed E-state index contributed by atoms with van der Waals surface area (Å²) in [7, 11) is -3.45. The number of allylic oxidation sites excluding steroid dienone is 3. The Hall–Kier alpha value is -2.42. The molecule has 1 aliphatic carbocycles. The van der Waals surface area contributed by atoms with Gasteiger partial charge in [0.25, 0.3) is 0 Å². The molecule has 0 saturated heterocycles. The molecule has 2 rings (SSSR count). The van der Waals surface area contributed by atoms with Crippen LogP contribution in [0.25, 0.3) is 5.57 Å². The molecule has 0 atom stereocenters. The minimum atomic E-state index is -3.45. The van der Waals surface area contributed by atoms with Crippen molar-refractivity contribution in [3.8, 4) is 0 Å². The van der Waals surface area contributed by atoms with Crippen LogP contribution < -0.4 is 16.8 Å². The minimum Gasteiger partial charge on any atom is -0.384 e. The highest BCUT2D eigenvalue weighted by molar-refractivity contribution is 7.94. The van der Waals surface area contributed by atoms with E-state index in [1.54, 1.807) is 39.8 Å². The first-order valence-corrected chi connectivity index (χ1v) is 9.68. The Labute approximate surface area is 153 Å². The van der Waals surface area contributed by atoms with Crippen molar-refractivity contribution in [1.29, 1.82) is 0 Å². The first-order valence-electron chi connectivity index (χ1n) is 8.20. The van der Waals surface area contributed by atoms with Gasteiger partial charge in [0.05, 0.1) is 10.4 Å². The Kier molecular flexibility index (Phi) is 5.14. The molecule has 0 bridgehead atoms. The highest BCUT2D eigenvalue weighted by atomic mass is 32.2. The monoisotopic (exact) mass is 379 g/mol. The lowest BCUT2D eigenvalue weighted by molar-refractivity contribution is 0.252. The lowest BCUT2D eigenvalue weighted by Crippen LogP contribution is -2.38. The summed E-state index contributed by atoms with van der Waals surface area (Å²) in [4.78, 5) is 19.3. The molecule has 26 heavy (non-hydrogen) atoms. The molecule has 8 nitrogen and oxygen atoms in total. The number of anilines is 1. The average molecular weight is 379 g/mol. The van der Waals surface area contributed by atoms with E-state index in [4.69, 9.17) is 11.5 Å². The van der Waals surface area contributed by atoms with Gasteiger partial charge in [0, 0.05) is 12.3 Å². The Morgan fingerprint density at radius 1 is 1.31 bits per heavy atom. The fraction of sp³-hybridized carbons (Fsp3) is 0.471. The van der Waals surface area contributed by atoms with Crippen LogP contribution in [0.15, 0.2) is 24.4 Å². The van der Waals surface area contributed by atoms with Crippen molar-refractivity contribution in [3.63, 3.8) is 0 Å². The molecule has 0 radical (unpaired) electrons. The molecular weight excluding hydrogens is 354 g/mol. The Bertz CT molecular complexity index is 878. The van der Waals surface area contributed by atoms with Gasteiger partial charge < -0.3 is 16.8 Å². The Morgan fingerprint density at radius 2 is 1.92 bits per heavy atom. The molecule has 142 valence electrons. The van der Waals surface area contributed by atoms with Crippen LogP contribution in [0.3, 0.4) is 0 Å². The number of sulfone groups is 1. The van der Waals surface area contributed by atoms with Gasteiger partial charge in [-0.1, -0.05) is 6.08 Å². The molecule has 0 unspecified atom stereocenters. The molecule has 1 saturated carbocycles. The smallest absolute Gasteiger partial charge is 0.316 e. The van der Waals surface area contributed by atoms with Crippen molar-refractivity contribution >= 4 is 27.3 Å². The quantitative estimate of drug-likeness (QED) is 0.667. The molecule has 1 fully saturated rings. The third-order valence-corrected chi connectivity index (χ3v) is 7.52. The lowest BCUT2D eigenvalue weighted by atomic mass is 10.2. The number of nitrogen functional groups attached to an aromatic ring is 1. The van der Waals surface area contributed by atoms with Gasteiger partial charge in [-0.2, -0.15) is 0 Å². The molecule has 1 aromatic rings. The summed E-state index contributed by atoms with van der Waals surface area (Å²) >= 11 is 0. The molecule has 1 aliphatic rings. The second kappa shape index (κ2) is 6.71. The highest BCUT2D eigenvalue weighted by Crippen LogP contribution is 2.55. The van der Waals surface area contributed by atoms with Gasteiger partial charge in [0.15, 0.2) is 15.7 Å². The van der Waals surface area contributed by atoms with Gasteiger partial charge in [-0.05, 0) is 52.2 Å². The van der Waals surface area contributed by atoms with Crippen molar-refractivity contribution < 1.29 is 13.2 Å². The second-order valence-electron chi connectivity index (χ2n) is 7.33. The molecule has 5 N–H and O–H groups in total. The molecule has 1 heterocycles. The van der Waals surface area contributed by atoms with E-state index in [1.165, 1.54) is 12.3 Å². The zero-order chi connectivity index (χ0) is 19.8. The first kappa shape index (κ1) is 19.9. The molecule has 1 aromatic heterocycles. The number of nitrogens with zero attached hydrogens (tertiary/aromatic N) is 2. The molecular formula is C17H25N5O3S. The molecule has 2 amide bonds. The van der Waals surface area contributed by atoms with Crippen molar-refractivity contribution in [2.45, 2.75) is 50.0 Å². The number of carbonyl (C=O) groups is 1. The predicted molar refractivity (Wildman–Crippen MR) is 102 cm³/mol. The van der Waals surface area contributed by atoms with Crippen LogP contribution in [-0.2, 0) is 14.6 Å². The first-order chi connectivity index (χ1) is 11.9. The summed E-state index contributed by atoms with van der Waals surface area (Å²) in [6.45, 7) is 6.84. The number of nitrogens with one attached hydrogen (secondary N) is 1. The van der Waals surface area contributed by atoms with Gasteiger partial charge in [-0.3, -0.25) is 0 Å². The summed E-state index contributed by atoms with van der Waals surface area (Å²) in [5.41, 5.74) is 12.0. The van der Waals surface area contributed by atoms with E-state index in [1.807, 2.05) is 0 Å². The van der Waals surface area contributed by atoms with Crippen LogP contribution in [0.2, 0.25) is 0 Å². The number of amides is 2. The summed E-state index contributed by atoms with van der Waals surface area (Å²) in [6, 6.07) is 0.871. The van der Waals surface area contributed by atoms with E-state index in [0.29, 0.717) is 29.9 Å². The standard InChI is InChI=1S/C17H25N5O3S/c1-11(6-5-9-20-15(19)23)14-21-12(10-13(18)22-14)17(7-8-17)26(24,25)16(2,3)4/h5-6,9-10H,7-8H2,1-4H3,(H2,18,21,22)(H3,19,20,23)/b9-5+,11-6+. The van der Waals surface area contributed by atoms with Crippen molar-refractivity contribution in [3.05, 3.63) is 35.9 Å². The summed E-state index contributed by atoms with van der Waals surface area (Å²) < 4.78 is 24.2. The molecule has 0 aliphatic heterocycles. The maximum absolute atomic E-state index is 13.0. The molecule has 0 aromatic carbocycles. The topological polar surface area (TPSA) is 141 Å². The van der Waals surface area contributed by atoms with E-state index in [0.717, 1.165) is 0 Å². The maximum Gasteiger partial charge on any atom is 0.316 e. The van der Waals surface area contributed by atoms with Gasteiger partial charge >= 0.3 is 6.03 Å². The number of rotatable bonds is 5. The zero-order valence-corrected chi connectivity index (χ0v) is 16.2. The predicted octanol–water partition coefficient (Wildman–Crippen LogP) is 1.85. The number of hydrogen-bond donors (Lipinski definition) is 3.